The largest absolute Gasteiger partial charge is 0.339 e. The standard InChI is InChI=1S/C27H32N6O2/c1-4-17-33-23(15-16-28-33)26(34)30-25(21-9-7-5-6-8-10-21)27(35)29-22-13-11-20(12-14-22)24-18(2)31-32-19(24)3/h1,11-16,21,25H,5-10,17H2,2-3H3,(H,29,35)(H,30,34)(H,31,32)/t25-/m0/s1. The number of carbonyl (C=O) groups excluding carboxylic acids is 2. The molecule has 3 aromatic rings. The third kappa shape index (κ3) is 5.62. The van der Waals surface area contributed by atoms with E-state index in [0.717, 1.165) is 61.0 Å². The van der Waals surface area contributed by atoms with Crippen LogP contribution in [0.5, 0.6) is 0 Å². The molecule has 1 aliphatic carbocycles. The normalized spacial score (nSPS) is 15.1. The molecule has 1 aliphatic rings. The number of anilines is 1. The van der Waals surface area contributed by atoms with Crippen molar-refractivity contribution >= 4 is 17.5 Å². The Kier molecular flexibility index (Phi) is 7.66. The lowest BCUT2D eigenvalue weighted by Crippen LogP contribution is -2.49. The highest BCUT2D eigenvalue weighted by molar-refractivity contribution is 6.00. The summed E-state index contributed by atoms with van der Waals surface area (Å²) < 4.78 is 1.47. The average molecular weight is 473 g/mol. The lowest BCUT2D eigenvalue weighted by molar-refractivity contribution is -0.119. The molecule has 3 N–H and O–H groups in total. The zero-order valence-corrected chi connectivity index (χ0v) is 20.3. The van der Waals surface area contributed by atoms with Crippen LogP contribution in [0.4, 0.5) is 5.69 Å². The van der Waals surface area contributed by atoms with Crippen LogP contribution in [0, 0.1) is 32.1 Å². The van der Waals surface area contributed by atoms with Gasteiger partial charge in [0.25, 0.3) is 5.91 Å². The van der Waals surface area contributed by atoms with Crippen molar-refractivity contribution in [2.75, 3.05) is 5.32 Å². The van der Waals surface area contributed by atoms with E-state index in [1.807, 2.05) is 38.1 Å². The zero-order chi connectivity index (χ0) is 24.8. The molecule has 2 heterocycles. The lowest BCUT2D eigenvalue weighted by Gasteiger charge is -2.26. The van der Waals surface area contributed by atoms with Crippen molar-refractivity contribution in [3.63, 3.8) is 0 Å². The fourth-order valence-corrected chi connectivity index (χ4v) is 4.91. The number of rotatable bonds is 7. The average Bonchev–Trinajstić information content (AvgIpc) is 3.34. The van der Waals surface area contributed by atoms with E-state index in [1.54, 1.807) is 6.07 Å². The smallest absolute Gasteiger partial charge is 0.270 e. The molecule has 8 nitrogen and oxygen atoms in total. The van der Waals surface area contributed by atoms with Gasteiger partial charge in [-0.2, -0.15) is 10.2 Å². The van der Waals surface area contributed by atoms with Crippen molar-refractivity contribution in [1.82, 2.24) is 25.3 Å². The second-order valence-corrected chi connectivity index (χ2v) is 9.16. The van der Waals surface area contributed by atoms with Gasteiger partial charge in [0.2, 0.25) is 5.91 Å². The van der Waals surface area contributed by atoms with Crippen LogP contribution in [0.3, 0.4) is 0 Å². The summed E-state index contributed by atoms with van der Waals surface area (Å²) in [6, 6.07) is 8.68. The lowest BCUT2D eigenvalue weighted by atomic mass is 9.91. The minimum Gasteiger partial charge on any atom is -0.339 e. The quantitative estimate of drug-likeness (QED) is 0.353. The SMILES string of the molecule is C#CCn1nccc1C(=O)N[C@H](C(=O)Nc1ccc(-c2c(C)n[nH]c2C)cc1)C1CCCCCC1. The van der Waals surface area contributed by atoms with E-state index < -0.39 is 6.04 Å². The van der Waals surface area contributed by atoms with Crippen molar-refractivity contribution in [2.24, 2.45) is 5.92 Å². The number of aromatic nitrogens is 4. The molecule has 0 unspecified atom stereocenters. The molecule has 1 fully saturated rings. The molecule has 182 valence electrons. The van der Waals surface area contributed by atoms with Crippen LogP contribution in [0.15, 0.2) is 36.5 Å². The Labute approximate surface area is 205 Å². The summed E-state index contributed by atoms with van der Waals surface area (Å²) in [5.74, 6) is 2.02. The summed E-state index contributed by atoms with van der Waals surface area (Å²) in [5, 5.41) is 17.4. The number of carbonyl (C=O) groups is 2. The Hall–Kier alpha value is -3.86. The van der Waals surface area contributed by atoms with E-state index in [-0.39, 0.29) is 24.3 Å². The molecule has 0 radical (unpaired) electrons. The maximum absolute atomic E-state index is 13.5. The van der Waals surface area contributed by atoms with E-state index >= 15 is 0 Å². The maximum Gasteiger partial charge on any atom is 0.270 e. The van der Waals surface area contributed by atoms with E-state index in [9.17, 15) is 9.59 Å². The summed E-state index contributed by atoms with van der Waals surface area (Å²) in [6.07, 6.45) is 13.2. The van der Waals surface area contributed by atoms with E-state index in [1.165, 1.54) is 10.9 Å². The highest BCUT2D eigenvalue weighted by Gasteiger charge is 2.31. The second kappa shape index (κ2) is 11.0. The summed E-state index contributed by atoms with van der Waals surface area (Å²) in [4.78, 5) is 26.6. The molecule has 1 saturated carbocycles. The van der Waals surface area contributed by atoms with Crippen molar-refractivity contribution in [3.05, 3.63) is 53.6 Å². The first-order valence-corrected chi connectivity index (χ1v) is 12.2. The van der Waals surface area contributed by atoms with Crippen molar-refractivity contribution < 1.29 is 9.59 Å². The minimum atomic E-state index is -0.646. The van der Waals surface area contributed by atoms with Crippen LogP contribution in [-0.2, 0) is 11.3 Å². The number of terminal acetylenes is 1. The molecule has 8 heteroatoms. The van der Waals surface area contributed by atoms with Crippen molar-refractivity contribution in [2.45, 2.75) is 65.0 Å². The monoisotopic (exact) mass is 472 g/mol. The van der Waals surface area contributed by atoms with Gasteiger partial charge in [-0.05, 0) is 56.4 Å². The van der Waals surface area contributed by atoms with Crippen LogP contribution in [0.25, 0.3) is 11.1 Å². The number of benzene rings is 1. The number of aryl methyl sites for hydroxylation is 2. The number of amides is 2. The third-order valence-corrected chi connectivity index (χ3v) is 6.70. The molecule has 2 amide bonds. The van der Waals surface area contributed by atoms with Gasteiger partial charge < -0.3 is 10.6 Å². The van der Waals surface area contributed by atoms with Crippen molar-refractivity contribution in [1.29, 1.82) is 0 Å². The Morgan fingerprint density at radius 1 is 1.14 bits per heavy atom. The molecule has 0 bridgehead atoms. The molecular weight excluding hydrogens is 440 g/mol. The van der Waals surface area contributed by atoms with Gasteiger partial charge in [-0.3, -0.25) is 14.7 Å². The highest BCUT2D eigenvalue weighted by Crippen LogP contribution is 2.28. The number of nitrogens with zero attached hydrogens (tertiary/aromatic N) is 3. The minimum absolute atomic E-state index is 0.0703. The molecule has 0 spiro atoms. The molecule has 2 aromatic heterocycles. The molecule has 1 atom stereocenters. The Morgan fingerprint density at radius 3 is 2.49 bits per heavy atom. The van der Waals surface area contributed by atoms with Crippen molar-refractivity contribution in [3.8, 4) is 23.5 Å². The fraction of sp³-hybridized carbons (Fsp3) is 0.407. The Bertz CT molecular complexity index is 1190. The van der Waals surface area contributed by atoms with Gasteiger partial charge in [-0.15, -0.1) is 6.42 Å². The molecule has 4 rings (SSSR count). The van der Waals surface area contributed by atoms with Crippen LogP contribution >= 0.6 is 0 Å². The second-order valence-electron chi connectivity index (χ2n) is 9.16. The molecule has 1 aromatic carbocycles. The van der Waals surface area contributed by atoms with Crippen LogP contribution in [0.1, 0.15) is 60.4 Å². The van der Waals surface area contributed by atoms with Gasteiger partial charge in [0.05, 0.1) is 5.69 Å². The molecule has 0 aliphatic heterocycles. The van der Waals surface area contributed by atoms with Gasteiger partial charge in [-0.25, -0.2) is 4.68 Å². The van der Waals surface area contributed by atoms with Gasteiger partial charge in [0.15, 0.2) is 0 Å². The Morgan fingerprint density at radius 2 is 1.86 bits per heavy atom. The van der Waals surface area contributed by atoms with Crippen LogP contribution in [0.2, 0.25) is 0 Å². The van der Waals surface area contributed by atoms with Gasteiger partial charge in [0, 0.05) is 23.1 Å². The van der Waals surface area contributed by atoms with E-state index in [4.69, 9.17) is 6.42 Å². The predicted octanol–water partition coefficient (Wildman–Crippen LogP) is 4.23. The van der Waals surface area contributed by atoms with Gasteiger partial charge in [0.1, 0.15) is 18.3 Å². The number of hydrogen-bond donors (Lipinski definition) is 3. The first-order valence-electron chi connectivity index (χ1n) is 12.2. The summed E-state index contributed by atoms with van der Waals surface area (Å²) >= 11 is 0. The number of hydrogen-bond acceptors (Lipinski definition) is 4. The van der Waals surface area contributed by atoms with Crippen LogP contribution in [-0.4, -0.2) is 37.8 Å². The number of H-pyrrole nitrogens is 1. The third-order valence-electron chi connectivity index (χ3n) is 6.70. The zero-order valence-electron chi connectivity index (χ0n) is 20.3. The fourth-order valence-electron chi connectivity index (χ4n) is 4.91. The molecular formula is C27H32N6O2. The summed E-state index contributed by atoms with van der Waals surface area (Å²) in [6.45, 7) is 4.14. The van der Waals surface area contributed by atoms with Crippen LogP contribution < -0.4 is 10.6 Å². The van der Waals surface area contributed by atoms with E-state index in [0.29, 0.717) is 11.4 Å². The Balaban J connectivity index is 1.52. The predicted molar refractivity (Wildman–Crippen MR) is 136 cm³/mol. The maximum atomic E-state index is 13.5. The summed E-state index contributed by atoms with van der Waals surface area (Å²) in [5.41, 5.74) is 5.06. The van der Waals surface area contributed by atoms with Gasteiger partial charge in [-0.1, -0.05) is 43.7 Å². The topological polar surface area (TPSA) is 105 Å². The highest BCUT2D eigenvalue weighted by atomic mass is 16.2. The number of nitrogens with one attached hydrogen (secondary N) is 3. The van der Waals surface area contributed by atoms with Gasteiger partial charge >= 0.3 is 0 Å². The summed E-state index contributed by atoms with van der Waals surface area (Å²) in [7, 11) is 0. The van der Waals surface area contributed by atoms with E-state index in [2.05, 4.69) is 31.9 Å². The molecule has 0 saturated heterocycles. The number of aromatic amines is 1. The first kappa shape index (κ1) is 24.3. The molecule has 35 heavy (non-hydrogen) atoms. The first-order chi connectivity index (χ1) is 17.0.